The number of aryl methyl sites for hydroxylation is 2. The average molecular weight is 332 g/mol. The largest absolute Gasteiger partial charge is 0.395 e. The molecule has 24 heavy (non-hydrogen) atoms. The highest BCUT2D eigenvalue weighted by atomic mass is 16.5. The maximum absolute atomic E-state index is 12.9. The van der Waals surface area contributed by atoms with E-state index in [2.05, 4.69) is 10.1 Å². The molecule has 0 unspecified atom stereocenters. The Bertz CT molecular complexity index is 726. The molecule has 2 aromatic rings. The lowest BCUT2D eigenvalue weighted by Crippen LogP contribution is -2.49. The van der Waals surface area contributed by atoms with E-state index in [9.17, 15) is 4.79 Å². The minimum absolute atomic E-state index is 0.0539. The minimum Gasteiger partial charge on any atom is -0.395 e. The molecule has 3 rings (SSSR count). The normalized spacial score (nSPS) is 15.9. The number of hydrogen-bond acceptors (Lipinski definition) is 5. The molecule has 0 bridgehead atoms. The summed E-state index contributed by atoms with van der Waals surface area (Å²) in [5.41, 5.74) is 2.55. The standard InChI is InChI=1S/C17H24N4O3/c1-12-10-15(14(3)21(12)16-11-13(2)24-18-16)17(23)20-6-4-19(5-7-20)8-9-22/h10-11,22H,4-9H2,1-3H3. The van der Waals surface area contributed by atoms with Crippen molar-refractivity contribution in [3.05, 3.63) is 34.8 Å². The summed E-state index contributed by atoms with van der Waals surface area (Å²) in [5.74, 6) is 1.50. The van der Waals surface area contributed by atoms with Gasteiger partial charge in [0, 0.05) is 50.2 Å². The molecule has 1 aliphatic rings. The van der Waals surface area contributed by atoms with Crippen LogP contribution < -0.4 is 0 Å². The fourth-order valence-electron chi connectivity index (χ4n) is 3.28. The summed E-state index contributed by atoms with van der Waals surface area (Å²) in [6.45, 7) is 9.55. The van der Waals surface area contributed by atoms with Gasteiger partial charge in [-0.25, -0.2) is 0 Å². The van der Waals surface area contributed by atoms with Crippen molar-refractivity contribution < 1.29 is 14.4 Å². The molecule has 1 saturated heterocycles. The Balaban J connectivity index is 1.79. The van der Waals surface area contributed by atoms with Gasteiger partial charge in [-0.2, -0.15) is 0 Å². The summed E-state index contributed by atoms with van der Waals surface area (Å²) in [7, 11) is 0. The van der Waals surface area contributed by atoms with Crippen LogP contribution in [0.1, 0.15) is 27.5 Å². The predicted octanol–water partition coefficient (Wildman–Crippen LogP) is 1.14. The SMILES string of the molecule is Cc1cc(-n2c(C)cc(C(=O)N3CCN(CCO)CC3)c2C)no1. The Morgan fingerprint density at radius 1 is 1.21 bits per heavy atom. The molecule has 0 spiro atoms. The van der Waals surface area contributed by atoms with E-state index in [-0.39, 0.29) is 12.5 Å². The highest BCUT2D eigenvalue weighted by Gasteiger charge is 2.25. The topological polar surface area (TPSA) is 74.7 Å². The summed E-state index contributed by atoms with van der Waals surface area (Å²) in [6.07, 6.45) is 0. The van der Waals surface area contributed by atoms with E-state index in [0.29, 0.717) is 31.0 Å². The van der Waals surface area contributed by atoms with Gasteiger partial charge in [-0.1, -0.05) is 5.16 Å². The zero-order chi connectivity index (χ0) is 17.3. The molecule has 130 valence electrons. The number of aliphatic hydroxyl groups excluding tert-OH is 1. The van der Waals surface area contributed by atoms with E-state index >= 15 is 0 Å². The number of aliphatic hydroxyl groups is 1. The van der Waals surface area contributed by atoms with Gasteiger partial charge in [0.15, 0.2) is 5.82 Å². The van der Waals surface area contributed by atoms with Gasteiger partial charge in [-0.05, 0) is 26.8 Å². The summed E-state index contributed by atoms with van der Waals surface area (Å²) in [6, 6.07) is 3.78. The number of piperazine rings is 1. The molecule has 7 heteroatoms. The van der Waals surface area contributed by atoms with Crippen LogP contribution in [0.15, 0.2) is 16.7 Å². The third-order valence-electron chi connectivity index (χ3n) is 4.58. The number of rotatable bonds is 4. The van der Waals surface area contributed by atoms with E-state index in [1.165, 1.54) is 0 Å². The van der Waals surface area contributed by atoms with Gasteiger partial charge >= 0.3 is 0 Å². The molecule has 7 nitrogen and oxygen atoms in total. The van der Waals surface area contributed by atoms with Crippen LogP contribution in [0.4, 0.5) is 0 Å². The summed E-state index contributed by atoms with van der Waals surface area (Å²) >= 11 is 0. The van der Waals surface area contributed by atoms with Crippen LogP contribution in [0, 0.1) is 20.8 Å². The van der Waals surface area contributed by atoms with Gasteiger partial charge < -0.3 is 14.5 Å². The lowest BCUT2D eigenvalue weighted by molar-refractivity contribution is 0.0614. The lowest BCUT2D eigenvalue weighted by Gasteiger charge is -2.34. The molecule has 0 radical (unpaired) electrons. The molecule has 0 aliphatic carbocycles. The van der Waals surface area contributed by atoms with Crippen molar-refractivity contribution in [2.75, 3.05) is 39.3 Å². The van der Waals surface area contributed by atoms with Gasteiger partial charge in [0.1, 0.15) is 5.76 Å². The predicted molar refractivity (Wildman–Crippen MR) is 89.5 cm³/mol. The number of aromatic nitrogens is 2. The summed E-state index contributed by atoms with van der Waals surface area (Å²) in [5, 5.41) is 13.1. The smallest absolute Gasteiger partial charge is 0.255 e. The highest BCUT2D eigenvalue weighted by Crippen LogP contribution is 2.22. The van der Waals surface area contributed by atoms with E-state index < -0.39 is 0 Å². The third-order valence-corrected chi connectivity index (χ3v) is 4.58. The van der Waals surface area contributed by atoms with E-state index in [4.69, 9.17) is 9.63 Å². The van der Waals surface area contributed by atoms with E-state index in [1.807, 2.05) is 42.4 Å². The van der Waals surface area contributed by atoms with Gasteiger partial charge in [-0.3, -0.25) is 14.3 Å². The van der Waals surface area contributed by atoms with Crippen molar-refractivity contribution in [1.29, 1.82) is 0 Å². The number of carbonyl (C=O) groups is 1. The van der Waals surface area contributed by atoms with Gasteiger partial charge in [0.2, 0.25) is 0 Å². The van der Waals surface area contributed by atoms with Crippen LogP contribution in [0.3, 0.4) is 0 Å². The second-order valence-corrected chi connectivity index (χ2v) is 6.27. The Morgan fingerprint density at radius 3 is 2.50 bits per heavy atom. The van der Waals surface area contributed by atoms with Crippen molar-refractivity contribution in [2.24, 2.45) is 0 Å². The number of carbonyl (C=O) groups excluding carboxylic acids is 1. The van der Waals surface area contributed by atoms with Crippen molar-refractivity contribution in [3.8, 4) is 5.82 Å². The third kappa shape index (κ3) is 3.09. The molecular weight excluding hydrogens is 308 g/mol. The number of nitrogens with zero attached hydrogens (tertiary/aromatic N) is 4. The van der Waals surface area contributed by atoms with Crippen LogP contribution in [0.5, 0.6) is 0 Å². The number of hydrogen-bond donors (Lipinski definition) is 1. The Labute approximate surface area is 141 Å². The molecule has 1 N–H and O–H groups in total. The average Bonchev–Trinajstić information content (AvgIpc) is 3.11. The molecule has 0 saturated carbocycles. The number of β-amino-alcohol motifs (C(OH)–C–C–N with tert-alkyl or cyclic N) is 1. The molecule has 1 amide bonds. The quantitative estimate of drug-likeness (QED) is 0.909. The first kappa shape index (κ1) is 16.7. The lowest BCUT2D eigenvalue weighted by atomic mass is 10.2. The van der Waals surface area contributed by atoms with E-state index in [1.54, 1.807) is 0 Å². The molecule has 1 fully saturated rings. The number of amides is 1. The zero-order valence-corrected chi connectivity index (χ0v) is 14.4. The molecule has 2 aromatic heterocycles. The monoisotopic (exact) mass is 332 g/mol. The second-order valence-electron chi connectivity index (χ2n) is 6.27. The first-order chi connectivity index (χ1) is 11.5. The Kier molecular flexibility index (Phi) is 4.73. The van der Waals surface area contributed by atoms with Gasteiger partial charge in [-0.15, -0.1) is 0 Å². The zero-order valence-electron chi connectivity index (χ0n) is 14.4. The first-order valence-electron chi connectivity index (χ1n) is 8.26. The van der Waals surface area contributed by atoms with E-state index in [0.717, 1.165) is 30.2 Å². The Morgan fingerprint density at radius 2 is 1.92 bits per heavy atom. The molecule has 0 atom stereocenters. The minimum atomic E-state index is 0.0539. The second kappa shape index (κ2) is 6.78. The van der Waals surface area contributed by atoms with Gasteiger partial charge in [0.05, 0.1) is 12.2 Å². The van der Waals surface area contributed by atoms with Crippen LogP contribution in [0.2, 0.25) is 0 Å². The van der Waals surface area contributed by atoms with Crippen LogP contribution in [-0.4, -0.2) is 69.9 Å². The van der Waals surface area contributed by atoms with Crippen LogP contribution in [0.25, 0.3) is 5.82 Å². The maximum Gasteiger partial charge on any atom is 0.255 e. The van der Waals surface area contributed by atoms with Crippen molar-refractivity contribution in [2.45, 2.75) is 20.8 Å². The highest BCUT2D eigenvalue weighted by molar-refractivity contribution is 5.96. The summed E-state index contributed by atoms with van der Waals surface area (Å²) in [4.78, 5) is 16.9. The molecular formula is C17H24N4O3. The molecule has 3 heterocycles. The van der Waals surface area contributed by atoms with Gasteiger partial charge in [0.25, 0.3) is 5.91 Å². The first-order valence-corrected chi connectivity index (χ1v) is 8.26. The maximum atomic E-state index is 12.9. The fourth-order valence-corrected chi connectivity index (χ4v) is 3.28. The summed E-state index contributed by atoms with van der Waals surface area (Å²) < 4.78 is 7.11. The van der Waals surface area contributed by atoms with Crippen molar-refractivity contribution >= 4 is 5.91 Å². The molecule has 1 aliphatic heterocycles. The Hall–Kier alpha value is -2.12. The van der Waals surface area contributed by atoms with Crippen LogP contribution >= 0.6 is 0 Å². The van der Waals surface area contributed by atoms with Crippen molar-refractivity contribution in [3.63, 3.8) is 0 Å². The fraction of sp³-hybridized carbons (Fsp3) is 0.529. The van der Waals surface area contributed by atoms with Crippen molar-refractivity contribution in [1.82, 2.24) is 19.5 Å². The van der Waals surface area contributed by atoms with Crippen LogP contribution in [-0.2, 0) is 0 Å². The molecule has 0 aromatic carbocycles.